The quantitative estimate of drug-likeness (QED) is 0.0222. The van der Waals surface area contributed by atoms with Gasteiger partial charge >= 0.3 is 39.5 Å². The molecule has 0 spiro atoms. The maximum absolute atomic E-state index is 13.0. The number of aliphatic hydroxyl groups excluding tert-OH is 1. The summed E-state index contributed by atoms with van der Waals surface area (Å²) in [7, 11) is -9.90. The molecule has 0 heterocycles. The normalized spacial score (nSPS) is 14.5. The number of aliphatic hydroxyl groups is 1. The molecule has 3 N–H and O–H groups in total. The van der Waals surface area contributed by atoms with Crippen molar-refractivity contribution < 1.29 is 80.2 Å². The molecule has 91 heavy (non-hydrogen) atoms. The van der Waals surface area contributed by atoms with E-state index in [2.05, 4.69) is 55.4 Å². The van der Waals surface area contributed by atoms with E-state index in [0.29, 0.717) is 31.6 Å². The fourth-order valence-corrected chi connectivity index (χ4v) is 12.4. The van der Waals surface area contributed by atoms with Gasteiger partial charge in [0.2, 0.25) is 0 Å². The number of hydrogen-bond donors (Lipinski definition) is 3. The average molecular weight is 1340 g/mol. The second-order valence-electron chi connectivity index (χ2n) is 27.6. The summed E-state index contributed by atoms with van der Waals surface area (Å²) in [6.07, 6.45) is 44.6. The minimum atomic E-state index is -4.95. The third-order valence-corrected chi connectivity index (χ3v) is 18.8. The number of phosphoric ester groups is 2. The smallest absolute Gasteiger partial charge is 0.462 e. The first-order valence-corrected chi connectivity index (χ1v) is 40.2. The fourth-order valence-electron chi connectivity index (χ4n) is 10.8. The van der Waals surface area contributed by atoms with Gasteiger partial charge in [-0.3, -0.25) is 37.3 Å². The molecule has 19 heteroatoms. The number of ether oxygens (including phenoxy) is 4. The van der Waals surface area contributed by atoms with Crippen LogP contribution in [0.5, 0.6) is 0 Å². The molecule has 0 aromatic carbocycles. The van der Waals surface area contributed by atoms with E-state index >= 15 is 0 Å². The SMILES string of the molecule is CCC(C)CCCCCCCCC(=O)OC[C@H](COP(=O)(O)OC[C@H](O)COP(=O)(O)OC[C@@H](COC(=O)CCCCCCCCCC(C)C)OC(=O)CCCCCCCCCCCC(C)C)OC(=O)CCCCCCCCCCCCCCCCCCC(C)C. The Labute approximate surface area is 556 Å². The van der Waals surface area contributed by atoms with E-state index in [0.717, 1.165) is 120 Å². The van der Waals surface area contributed by atoms with E-state index in [-0.39, 0.29) is 25.7 Å². The van der Waals surface area contributed by atoms with E-state index in [9.17, 15) is 43.2 Å². The first-order chi connectivity index (χ1) is 43.6. The number of hydrogen-bond acceptors (Lipinski definition) is 15. The second kappa shape index (κ2) is 61.6. The Kier molecular flexibility index (Phi) is 60.3. The van der Waals surface area contributed by atoms with Crippen molar-refractivity contribution in [1.82, 2.24) is 0 Å². The summed E-state index contributed by atoms with van der Waals surface area (Å²) in [6.45, 7) is 14.1. The maximum Gasteiger partial charge on any atom is 0.472 e. The standard InChI is InChI=1S/C72H140O17P2/c1-9-65(8)51-43-35-30-31-37-45-53-70(75)83-59-68(89-71(76)54-46-38-27-21-17-15-13-11-10-12-14-16-19-24-32-40-48-62(2)3)61-87-91(80,81)85-57-66(73)56-84-90(78,79)86-60-67(58-82-69(74)52-44-36-29-23-26-34-42-50-64(6)7)88-72(77)55-47-39-28-22-18-20-25-33-41-49-63(4)5/h62-68,73H,9-61H2,1-8H3,(H,78,79)(H,80,81)/t65?,66-,67-,68-/m1/s1. The second-order valence-corrected chi connectivity index (χ2v) is 30.6. The van der Waals surface area contributed by atoms with Gasteiger partial charge in [0.05, 0.1) is 26.4 Å². The summed E-state index contributed by atoms with van der Waals surface area (Å²) in [5, 5.41) is 10.6. The zero-order valence-corrected chi connectivity index (χ0v) is 61.3. The molecule has 0 saturated carbocycles. The van der Waals surface area contributed by atoms with Crippen molar-refractivity contribution in [3.63, 3.8) is 0 Å². The van der Waals surface area contributed by atoms with Crippen molar-refractivity contribution in [3.8, 4) is 0 Å². The summed E-state index contributed by atoms with van der Waals surface area (Å²) < 4.78 is 68.3. The van der Waals surface area contributed by atoms with Gasteiger partial charge < -0.3 is 33.8 Å². The zero-order valence-electron chi connectivity index (χ0n) is 59.5. The lowest BCUT2D eigenvalue weighted by atomic mass is 10.00. The Morgan fingerprint density at radius 1 is 0.308 bits per heavy atom. The minimum Gasteiger partial charge on any atom is -0.462 e. The molecule has 0 aliphatic rings. The number of unbranched alkanes of at least 4 members (excludes halogenated alkanes) is 34. The molecule has 0 aromatic rings. The van der Waals surface area contributed by atoms with Crippen LogP contribution >= 0.6 is 15.6 Å². The van der Waals surface area contributed by atoms with Crippen LogP contribution in [0.3, 0.4) is 0 Å². The van der Waals surface area contributed by atoms with E-state index < -0.39 is 97.5 Å². The molecule has 0 rings (SSSR count). The molecule has 0 aliphatic heterocycles. The highest BCUT2D eigenvalue weighted by Crippen LogP contribution is 2.45. The van der Waals surface area contributed by atoms with E-state index in [1.165, 1.54) is 148 Å². The highest BCUT2D eigenvalue weighted by Gasteiger charge is 2.30. The topological polar surface area (TPSA) is 237 Å². The van der Waals surface area contributed by atoms with Crippen molar-refractivity contribution in [1.29, 1.82) is 0 Å². The lowest BCUT2D eigenvalue weighted by molar-refractivity contribution is -0.161. The van der Waals surface area contributed by atoms with Gasteiger partial charge in [-0.2, -0.15) is 0 Å². The first-order valence-electron chi connectivity index (χ1n) is 37.2. The number of phosphoric acid groups is 2. The molecule has 3 unspecified atom stereocenters. The van der Waals surface area contributed by atoms with Gasteiger partial charge in [-0.05, 0) is 49.4 Å². The van der Waals surface area contributed by atoms with Crippen LogP contribution in [0.15, 0.2) is 0 Å². The molecular weight excluding hydrogens is 1200 g/mol. The number of carbonyl (C=O) groups is 4. The summed E-state index contributed by atoms with van der Waals surface area (Å²) in [4.78, 5) is 72.6. The molecule has 0 radical (unpaired) electrons. The minimum absolute atomic E-state index is 0.104. The van der Waals surface area contributed by atoms with Gasteiger partial charge in [-0.15, -0.1) is 0 Å². The Hall–Kier alpha value is -1.94. The largest absolute Gasteiger partial charge is 0.472 e. The van der Waals surface area contributed by atoms with Crippen LogP contribution in [0.1, 0.15) is 357 Å². The van der Waals surface area contributed by atoms with Gasteiger partial charge in [0.25, 0.3) is 0 Å². The number of carbonyl (C=O) groups excluding carboxylic acids is 4. The monoisotopic (exact) mass is 1340 g/mol. The molecule has 17 nitrogen and oxygen atoms in total. The van der Waals surface area contributed by atoms with Gasteiger partial charge in [-0.1, -0.05) is 306 Å². The maximum atomic E-state index is 13.0. The zero-order chi connectivity index (χ0) is 67.5. The Morgan fingerprint density at radius 2 is 0.527 bits per heavy atom. The average Bonchev–Trinajstić information content (AvgIpc) is 3.04. The van der Waals surface area contributed by atoms with Crippen molar-refractivity contribution in [2.75, 3.05) is 39.6 Å². The Bertz CT molecular complexity index is 1800. The molecular formula is C72H140O17P2. The first kappa shape index (κ1) is 89.1. The fraction of sp³-hybridized carbons (Fsp3) is 0.944. The van der Waals surface area contributed by atoms with Crippen LogP contribution in [-0.2, 0) is 65.4 Å². The molecule has 0 aromatic heterocycles. The van der Waals surface area contributed by atoms with Crippen molar-refractivity contribution >= 4 is 39.5 Å². The molecule has 0 amide bonds. The van der Waals surface area contributed by atoms with Crippen molar-refractivity contribution in [3.05, 3.63) is 0 Å². The van der Waals surface area contributed by atoms with Gasteiger partial charge in [-0.25, -0.2) is 9.13 Å². The van der Waals surface area contributed by atoms with E-state index in [1.807, 2.05) is 0 Å². The molecule has 0 bridgehead atoms. The van der Waals surface area contributed by atoms with Gasteiger partial charge in [0, 0.05) is 25.7 Å². The van der Waals surface area contributed by atoms with Crippen molar-refractivity contribution in [2.24, 2.45) is 23.7 Å². The lowest BCUT2D eigenvalue weighted by Gasteiger charge is -2.21. The summed E-state index contributed by atoms with van der Waals surface area (Å²) >= 11 is 0. The van der Waals surface area contributed by atoms with Crippen LogP contribution in [-0.4, -0.2) is 96.7 Å². The molecule has 0 saturated heterocycles. The van der Waals surface area contributed by atoms with Gasteiger partial charge in [0.1, 0.15) is 19.3 Å². The Morgan fingerprint density at radius 3 is 0.780 bits per heavy atom. The van der Waals surface area contributed by atoms with Crippen molar-refractivity contribution in [2.45, 2.75) is 375 Å². The highest BCUT2D eigenvalue weighted by atomic mass is 31.2. The summed E-state index contributed by atoms with van der Waals surface area (Å²) in [6, 6.07) is 0. The predicted molar refractivity (Wildman–Crippen MR) is 367 cm³/mol. The lowest BCUT2D eigenvalue weighted by Crippen LogP contribution is -2.30. The number of esters is 4. The van der Waals surface area contributed by atoms with Crippen LogP contribution < -0.4 is 0 Å². The van der Waals surface area contributed by atoms with Crippen LogP contribution in [0, 0.1) is 23.7 Å². The molecule has 6 atom stereocenters. The van der Waals surface area contributed by atoms with E-state index in [4.69, 9.17) is 37.0 Å². The third-order valence-electron chi connectivity index (χ3n) is 16.9. The third kappa shape index (κ3) is 65.1. The van der Waals surface area contributed by atoms with E-state index in [1.54, 1.807) is 0 Å². The number of rotatable bonds is 69. The summed E-state index contributed by atoms with van der Waals surface area (Å²) in [5.41, 5.74) is 0. The van der Waals surface area contributed by atoms with Crippen LogP contribution in [0.25, 0.3) is 0 Å². The molecule has 0 fully saturated rings. The Balaban J connectivity index is 5.21. The van der Waals surface area contributed by atoms with Crippen LogP contribution in [0.4, 0.5) is 0 Å². The predicted octanol–water partition coefficient (Wildman–Crippen LogP) is 20.5. The molecule has 540 valence electrons. The van der Waals surface area contributed by atoms with Crippen LogP contribution in [0.2, 0.25) is 0 Å². The molecule has 0 aliphatic carbocycles. The summed E-state index contributed by atoms with van der Waals surface area (Å²) in [5.74, 6) is 0.852. The highest BCUT2D eigenvalue weighted by molar-refractivity contribution is 7.47. The van der Waals surface area contributed by atoms with Gasteiger partial charge in [0.15, 0.2) is 12.2 Å².